The van der Waals surface area contributed by atoms with Gasteiger partial charge in [-0.2, -0.15) is 0 Å². The lowest BCUT2D eigenvalue weighted by molar-refractivity contribution is 0.0691. The first kappa shape index (κ1) is 12.2. The summed E-state index contributed by atoms with van der Waals surface area (Å²) in [4.78, 5) is 32.7. The van der Waals surface area contributed by atoms with Gasteiger partial charge in [-0.1, -0.05) is 0 Å². The van der Waals surface area contributed by atoms with E-state index < -0.39 is 5.97 Å². The average molecular weight is 266 g/mol. The number of H-pyrrole nitrogens is 1. The van der Waals surface area contributed by atoms with Crippen LogP contribution in [-0.4, -0.2) is 31.9 Å². The van der Waals surface area contributed by atoms with E-state index in [9.17, 15) is 9.59 Å². The topological polar surface area (TPSA) is 108 Å². The Hall–Kier alpha value is -2.22. The second-order valence-electron chi connectivity index (χ2n) is 3.54. The zero-order valence-corrected chi connectivity index (χ0v) is 10.2. The number of nitrogens with zero attached hydrogens (tertiary/aromatic N) is 2. The maximum Gasteiger partial charge on any atom is 0.355 e. The Morgan fingerprint density at radius 2 is 2.33 bits per heavy atom. The third kappa shape index (κ3) is 2.54. The van der Waals surface area contributed by atoms with E-state index >= 15 is 0 Å². The lowest BCUT2D eigenvalue weighted by Crippen LogP contribution is -2.26. The molecule has 0 aromatic carbocycles. The molecular formula is C10H10N4O3S. The number of hydrogen-bond acceptors (Lipinski definition) is 5. The van der Waals surface area contributed by atoms with Crippen LogP contribution < -0.4 is 5.32 Å². The van der Waals surface area contributed by atoms with E-state index in [4.69, 9.17) is 5.11 Å². The third-order valence-electron chi connectivity index (χ3n) is 2.20. The fraction of sp³-hybridized carbons (Fsp3) is 0.200. The Labute approximate surface area is 106 Å². The number of aromatic carboxylic acids is 1. The Bertz CT molecular complexity index is 563. The Morgan fingerprint density at radius 3 is 2.89 bits per heavy atom. The van der Waals surface area contributed by atoms with Gasteiger partial charge in [0.2, 0.25) is 0 Å². The lowest BCUT2D eigenvalue weighted by Gasteiger charge is -2.09. The van der Waals surface area contributed by atoms with E-state index in [1.54, 1.807) is 6.92 Å². The van der Waals surface area contributed by atoms with Crippen molar-refractivity contribution in [3.8, 4) is 0 Å². The predicted molar refractivity (Wildman–Crippen MR) is 63.5 cm³/mol. The summed E-state index contributed by atoms with van der Waals surface area (Å²) in [7, 11) is 0. The largest absolute Gasteiger partial charge is 0.476 e. The van der Waals surface area contributed by atoms with Gasteiger partial charge in [0.25, 0.3) is 5.91 Å². The van der Waals surface area contributed by atoms with Gasteiger partial charge in [-0.05, 0) is 6.92 Å². The summed E-state index contributed by atoms with van der Waals surface area (Å²) >= 11 is 1.19. The average Bonchev–Trinajstić information content (AvgIpc) is 3.00. The molecular weight excluding hydrogens is 256 g/mol. The summed E-state index contributed by atoms with van der Waals surface area (Å²) in [5.74, 6) is -1.39. The number of thiazole rings is 1. The number of carboxylic acid groups (broad SMARTS) is 1. The number of aromatic nitrogens is 3. The summed E-state index contributed by atoms with van der Waals surface area (Å²) in [5.41, 5.74) is 0.328. The molecule has 0 aliphatic rings. The van der Waals surface area contributed by atoms with Crippen molar-refractivity contribution in [2.45, 2.75) is 13.0 Å². The van der Waals surface area contributed by atoms with Crippen molar-refractivity contribution in [3.63, 3.8) is 0 Å². The highest BCUT2D eigenvalue weighted by Gasteiger charge is 2.17. The van der Waals surface area contributed by atoms with Gasteiger partial charge < -0.3 is 15.4 Å². The first-order valence-electron chi connectivity index (χ1n) is 5.06. The Balaban J connectivity index is 2.05. The molecule has 8 heteroatoms. The van der Waals surface area contributed by atoms with Gasteiger partial charge in [-0.15, -0.1) is 11.3 Å². The molecule has 1 amide bonds. The quantitative estimate of drug-likeness (QED) is 0.766. The number of carboxylic acids is 1. The number of carbonyl (C=O) groups is 2. The molecule has 0 aliphatic heterocycles. The number of aromatic amines is 1. The highest BCUT2D eigenvalue weighted by atomic mass is 32.1. The molecule has 7 nitrogen and oxygen atoms in total. The Morgan fingerprint density at radius 1 is 1.56 bits per heavy atom. The standard InChI is InChI=1S/C10H10N4O3S/c1-5(9-14-7(3-18-9)10(16)17)13-8(15)6-2-11-4-12-6/h2-5H,1H3,(H,11,12)(H,13,15)(H,16,17). The van der Waals surface area contributed by atoms with Gasteiger partial charge in [-0.3, -0.25) is 4.79 Å². The fourth-order valence-corrected chi connectivity index (χ4v) is 2.10. The van der Waals surface area contributed by atoms with Crippen LogP contribution in [0.25, 0.3) is 0 Å². The molecule has 0 bridgehead atoms. The van der Waals surface area contributed by atoms with E-state index in [0.29, 0.717) is 10.7 Å². The number of amides is 1. The number of rotatable bonds is 4. The molecule has 1 unspecified atom stereocenters. The highest BCUT2D eigenvalue weighted by Crippen LogP contribution is 2.18. The summed E-state index contributed by atoms with van der Waals surface area (Å²) < 4.78 is 0. The first-order chi connectivity index (χ1) is 8.58. The molecule has 18 heavy (non-hydrogen) atoms. The number of hydrogen-bond donors (Lipinski definition) is 3. The van der Waals surface area contributed by atoms with E-state index in [0.717, 1.165) is 0 Å². The monoisotopic (exact) mass is 266 g/mol. The molecule has 2 rings (SSSR count). The van der Waals surface area contributed by atoms with Gasteiger partial charge in [0.1, 0.15) is 10.7 Å². The van der Waals surface area contributed by atoms with Gasteiger partial charge in [0.05, 0.1) is 18.6 Å². The van der Waals surface area contributed by atoms with Gasteiger partial charge >= 0.3 is 5.97 Å². The minimum absolute atomic E-state index is 0.0161. The van der Waals surface area contributed by atoms with E-state index in [1.807, 2.05) is 0 Å². The summed E-state index contributed by atoms with van der Waals surface area (Å²) in [6, 6.07) is -0.362. The van der Waals surface area contributed by atoms with Crippen LogP contribution in [-0.2, 0) is 0 Å². The molecule has 0 aliphatic carbocycles. The van der Waals surface area contributed by atoms with E-state index in [1.165, 1.54) is 29.2 Å². The normalized spacial score (nSPS) is 12.1. The van der Waals surface area contributed by atoms with Crippen LogP contribution in [0.15, 0.2) is 17.9 Å². The number of carbonyl (C=O) groups excluding carboxylic acids is 1. The van der Waals surface area contributed by atoms with Crippen LogP contribution in [0.3, 0.4) is 0 Å². The summed E-state index contributed by atoms with van der Waals surface area (Å²) in [6.45, 7) is 1.73. The van der Waals surface area contributed by atoms with Crippen molar-refractivity contribution in [1.29, 1.82) is 0 Å². The molecule has 2 aromatic rings. The molecule has 0 saturated heterocycles. The molecule has 94 valence electrons. The molecule has 3 N–H and O–H groups in total. The molecule has 0 radical (unpaired) electrons. The molecule has 0 fully saturated rings. The SMILES string of the molecule is CC(NC(=O)c1cnc[nH]1)c1nc(C(=O)O)cs1. The minimum Gasteiger partial charge on any atom is -0.476 e. The van der Waals surface area contributed by atoms with Crippen molar-refractivity contribution in [3.05, 3.63) is 34.3 Å². The maximum absolute atomic E-state index is 11.7. The zero-order valence-electron chi connectivity index (χ0n) is 9.38. The predicted octanol–water partition coefficient (Wildman–Crippen LogP) is 1.06. The Kier molecular flexibility index (Phi) is 3.38. The molecule has 2 aromatic heterocycles. The van der Waals surface area contributed by atoms with Crippen molar-refractivity contribution < 1.29 is 14.7 Å². The molecule has 2 heterocycles. The van der Waals surface area contributed by atoms with Gasteiger partial charge in [0.15, 0.2) is 5.69 Å². The van der Waals surface area contributed by atoms with E-state index in [-0.39, 0.29) is 17.6 Å². The second-order valence-corrected chi connectivity index (χ2v) is 4.43. The summed E-state index contributed by atoms with van der Waals surface area (Å²) in [6.07, 6.45) is 2.82. The third-order valence-corrected chi connectivity index (χ3v) is 3.23. The first-order valence-corrected chi connectivity index (χ1v) is 5.94. The molecule has 1 atom stereocenters. The van der Waals surface area contributed by atoms with Crippen LogP contribution in [0, 0.1) is 0 Å². The van der Waals surface area contributed by atoms with Crippen molar-refractivity contribution in [2.75, 3.05) is 0 Å². The van der Waals surface area contributed by atoms with Gasteiger partial charge in [0, 0.05) is 5.38 Å². The molecule has 0 spiro atoms. The summed E-state index contributed by atoms with van der Waals surface area (Å²) in [5, 5.41) is 13.4. The molecule has 0 saturated carbocycles. The maximum atomic E-state index is 11.7. The van der Waals surface area contributed by atoms with E-state index in [2.05, 4.69) is 20.3 Å². The highest BCUT2D eigenvalue weighted by molar-refractivity contribution is 7.09. The van der Waals surface area contributed by atoms with Crippen LogP contribution in [0.2, 0.25) is 0 Å². The van der Waals surface area contributed by atoms with Crippen molar-refractivity contribution >= 4 is 23.2 Å². The van der Waals surface area contributed by atoms with Gasteiger partial charge in [-0.25, -0.2) is 14.8 Å². The number of imidazole rings is 1. The lowest BCUT2D eigenvalue weighted by atomic mass is 10.3. The van der Waals surface area contributed by atoms with Crippen molar-refractivity contribution in [2.24, 2.45) is 0 Å². The van der Waals surface area contributed by atoms with Crippen LogP contribution in [0.1, 0.15) is 39.0 Å². The van der Waals surface area contributed by atoms with Crippen LogP contribution in [0.5, 0.6) is 0 Å². The number of nitrogens with one attached hydrogen (secondary N) is 2. The zero-order chi connectivity index (χ0) is 13.1. The smallest absolute Gasteiger partial charge is 0.355 e. The fourth-order valence-electron chi connectivity index (χ4n) is 1.30. The second kappa shape index (κ2) is 4.96. The minimum atomic E-state index is -1.08. The van der Waals surface area contributed by atoms with Crippen LogP contribution in [0.4, 0.5) is 0 Å². The van der Waals surface area contributed by atoms with Crippen LogP contribution >= 0.6 is 11.3 Å². The van der Waals surface area contributed by atoms with Crippen molar-refractivity contribution in [1.82, 2.24) is 20.3 Å².